The minimum absolute atomic E-state index is 0.0143. The van der Waals surface area contributed by atoms with E-state index in [-0.39, 0.29) is 38.5 Å². The van der Waals surface area contributed by atoms with Crippen LogP contribution in [0.2, 0.25) is 10.0 Å². The zero-order chi connectivity index (χ0) is 30.5. The van der Waals surface area contributed by atoms with E-state index in [4.69, 9.17) is 23.2 Å². The fourth-order valence-electron chi connectivity index (χ4n) is 6.53. The lowest BCUT2D eigenvalue weighted by atomic mass is 10.0. The number of likely N-dealkylation sites (tertiary alicyclic amines) is 2. The second-order valence-electron chi connectivity index (χ2n) is 11.6. The number of amides is 2. The van der Waals surface area contributed by atoms with E-state index >= 15 is 0 Å². The lowest BCUT2D eigenvalue weighted by Crippen LogP contribution is -2.42. The van der Waals surface area contributed by atoms with E-state index in [9.17, 15) is 18.0 Å². The molecule has 226 valence electrons. The standard InChI is InChI=1S/C32H34Cl2N4O4S/c1-19-29(35-20(2)30(19)32(40)38-14-6-7-21(38)17-37-12-3-4-13-37)16-24-23-15-22(10-11-28(23)36-31(24)39)43(41,42)18-25-26(33)8-5-9-27(25)34/h5,8-11,15-16,21,35H,3-4,6-7,12-14,17-18H2,1-2H3,(H,36,39)/b24-16+/t21-/m0/s1. The Morgan fingerprint density at radius 2 is 1.77 bits per heavy atom. The SMILES string of the molecule is Cc1[nH]c(/C=C2/C(=O)Nc3ccc(S(=O)(=O)Cc4c(Cl)cccc4Cl)cc32)c(C)c1C(=O)N1CCC[C@H]1CN1CCCC1. The molecule has 2 fully saturated rings. The van der Waals surface area contributed by atoms with Crippen LogP contribution in [0.5, 0.6) is 0 Å². The lowest BCUT2D eigenvalue weighted by Gasteiger charge is -2.28. The van der Waals surface area contributed by atoms with Gasteiger partial charge in [0.25, 0.3) is 11.8 Å². The Kier molecular flexibility index (Phi) is 8.19. The first-order valence-electron chi connectivity index (χ1n) is 14.6. The fourth-order valence-corrected chi connectivity index (χ4v) is 8.65. The number of aryl methyl sites for hydroxylation is 1. The number of carbonyl (C=O) groups is 2. The average molecular weight is 642 g/mol. The van der Waals surface area contributed by atoms with Gasteiger partial charge in [-0.2, -0.15) is 0 Å². The highest BCUT2D eigenvalue weighted by Crippen LogP contribution is 2.37. The van der Waals surface area contributed by atoms with Crippen LogP contribution in [0.25, 0.3) is 11.6 Å². The molecule has 1 aromatic heterocycles. The van der Waals surface area contributed by atoms with Gasteiger partial charge in [-0.3, -0.25) is 9.59 Å². The summed E-state index contributed by atoms with van der Waals surface area (Å²) in [7, 11) is -3.84. The Balaban J connectivity index is 1.29. The van der Waals surface area contributed by atoms with Gasteiger partial charge in [-0.1, -0.05) is 29.3 Å². The van der Waals surface area contributed by atoms with Gasteiger partial charge in [0.1, 0.15) is 0 Å². The van der Waals surface area contributed by atoms with E-state index in [0.717, 1.165) is 50.3 Å². The summed E-state index contributed by atoms with van der Waals surface area (Å²) in [5.74, 6) is -0.704. The van der Waals surface area contributed by atoms with Crippen LogP contribution in [0.1, 0.15) is 64.1 Å². The average Bonchev–Trinajstić information content (AvgIpc) is 3.75. The predicted octanol–water partition coefficient (Wildman–Crippen LogP) is 6.11. The van der Waals surface area contributed by atoms with Crippen molar-refractivity contribution in [3.8, 4) is 0 Å². The summed E-state index contributed by atoms with van der Waals surface area (Å²) in [5, 5.41) is 3.37. The smallest absolute Gasteiger partial charge is 0.256 e. The number of aromatic nitrogens is 1. The molecule has 3 aliphatic heterocycles. The Bertz CT molecular complexity index is 1740. The largest absolute Gasteiger partial charge is 0.358 e. The number of nitrogens with zero attached hydrogens (tertiary/aromatic N) is 2. The van der Waals surface area contributed by atoms with E-state index < -0.39 is 9.84 Å². The van der Waals surface area contributed by atoms with Gasteiger partial charge < -0.3 is 20.1 Å². The molecule has 0 bridgehead atoms. The Morgan fingerprint density at radius 3 is 2.49 bits per heavy atom. The summed E-state index contributed by atoms with van der Waals surface area (Å²) in [6.07, 6.45) is 6.14. The molecule has 4 heterocycles. The molecule has 11 heteroatoms. The minimum Gasteiger partial charge on any atom is -0.358 e. The highest BCUT2D eigenvalue weighted by Gasteiger charge is 2.34. The molecule has 0 radical (unpaired) electrons. The third kappa shape index (κ3) is 5.76. The first-order valence-corrected chi connectivity index (χ1v) is 17.0. The predicted molar refractivity (Wildman–Crippen MR) is 170 cm³/mol. The van der Waals surface area contributed by atoms with Crippen LogP contribution in [0.4, 0.5) is 5.69 Å². The van der Waals surface area contributed by atoms with Gasteiger partial charge in [-0.05, 0) is 94.6 Å². The molecular formula is C32H34Cl2N4O4S. The molecule has 6 rings (SSSR count). The summed E-state index contributed by atoms with van der Waals surface area (Å²) in [6.45, 7) is 7.61. The lowest BCUT2D eigenvalue weighted by molar-refractivity contribution is -0.110. The molecule has 3 aliphatic rings. The van der Waals surface area contributed by atoms with Crippen LogP contribution in [-0.4, -0.2) is 67.2 Å². The van der Waals surface area contributed by atoms with E-state index in [1.165, 1.54) is 25.0 Å². The summed E-state index contributed by atoms with van der Waals surface area (Å²) in [4.78, 5) is 34.7. The van der Waals surface area contributed by atoms with Crippen molar-refractivity contribution in [3.05, 3.63) is 80.1 Å². The molecule has 1 atom stereocenters. The van der Waals surface area contributed by atoms with E-state index in [2.05, 4.69) is 15.2 Å². The summed E-state index contributed by atoms with van der Waals surface area (Å²) in [5.41, 5.74) is 4.42. The maximum atomic E-state index is 13.8. The molecule has 3 aromatic rings. The van der Waals surface area contributed by atoms with Crippen LogP contribution >= 0.6 is 23.2 Å². The normalized spacial score (nSPS) is 19.8. The number of halogens is 2. The Morgan fingerprint density at radius 1 is 1.05 bits per heavy atom. The van der Waals surface area contributed by atoms with Crippen molar-refractivity contribution in [3.63, 3.8) is 0 Å². The zero-order valence-electron chi connectivity index (χ0n) is 24.2. The Labute approximate surface area is 262 Å². The fraction of sp³-hybridized carbons (Fsp3) is 0.375. The molecule has 0 aliphatic carbocycles. The van der Waals surface area contributed by atoms with Crippen molar-refractivity contribution in [2.75, 3.05) is 31.5 Å². The van der Waals surface area contributed by atoms with Gasteiger partial charge in [0.05, 0.1) is 21.8 Å². The summed E-state index contributed by atoms with van der Waals surface area (Å²) in [6, 6.07) is 9.62. The van der Waals surface area contributed by atoms with Gasteiger partial charge in [0.15, 0.2) is 9.84 Å². The third-order valence-electron chi connectivity index (χ3n) is 8.81. The van der Waals surface area contributed by atoms with E-state index in [1.54, 1.807) is 30.3 Å². The molecule has 2 saturated heterocycles. The number of nitrogens with one attached hydrogen (secondary N) is 2. The van der Waals surface area contributed by atoms with Crippen LogP contribution in [0.15, 0.2) is 41.3 Å². The van der Waals surface area contributed by atoms with Crippen LogP contribution in [0, 0.1) is 13.8 Å². The van der Waals surface area contributed by atoms with Crippen molar-refractivity contribution in [1.29, 1.82) is 0 Å². The minimum atomic E-state index is -3.84. The number of aromatic amines is 1. The molecule has 2 aromatic carbocycles. The first kappa shape index (κ1) is 29.9. The van der Waals surface area contributed by atoms with Gasteiger partial charge in [0.2, 0.25) is 0 Å². The van der Waals surface area contributed by atoms with Gasteiger partial charge in [-0.25, -0.2) is 8.42 Å². The number of hydrogen-bond donors (Lipinski definition) is 2. The first-order chi connectivity index (χ1) is 20.5. The maximum absolute atomic E-state index is 13.8. The number of H-pyrrole nitrogens is 1. The van der Waals surface area contributed by atoms with Crippen LogP contribution < -0.4 is 5.32 Å². The highest BCUT2D eigenvalue weighted by molar-refractivity contribution is 7.90. The molecule has 8 nitrogen and oxygen atoms in total. The number of benzene rings is 2. The maximum Gasteiger partial charge on any atom is 0.256 e. The van der Waals surface area contributed by atoms with Crippen molar-refractivity contribution < 1.29 is 18.0 Å². The number of hydrogen-bond acceptors (Lipinski definition) is 5. The van der Waals surface area contributed by atoms with Gasteiger partial charge in [0, 0.05) is 57.4 Å². The van der Waals surface area contributed by atoms with E-state index in [0.29, 0.717) is 33.6 Å². The quantitative estimate of drug-likeness (QED) is 0.304. The number of rotatable bonds is 7. The second kappa shape index (κ2) is 11.8. The zero-order valence-corrected chi connectivity index (χ0v) is 26.5. The van der Waals surface area contributed by atoms with Crippen molar-refractivity contribution in [2.45, 2.75) is 56.2 Å². The monoisotopic (exact) mass is 640 g/mol. The molecule has 2 amide bonds. The molecule has 0 unspecified atom stereocenters. The van der Waals surface area contributed by atoms with Gasteiger partial charge >= 0.3 is 0 Å². The highest BCUT2D eigenvalue weighted by atomic mass is 35.5. The number of sulfone groups is 1. The topological polar surface area (TPSA) is 103 Å². The van der Waals surface area contributed by atoms with Gasteiger partial charge in [-0.15, -0.1) is 0 Å². The third-order valence-corrected chi connectivity index (χ3v) is 11.2. The number of fused-ring (bicyclic) bond motifs is 1. The van der Waals surface area contributed by atoms with Crippen molar-refractivity contribution in [2.24, 2.45) is 0 Å². The van der Waals surface area contributed by atoms with E-state index in [1.807, 2.05) is 18.7 Å². The van der Waals surface area contributed by atoms with Crippen LogP contribution in [0.3, 0.4) is 0 Å². The molecule has 0 saturated carbocycles. The van der Waals surface area contributed by atoms with Crippen molar-refractivity contribution in [1.82, 2.24) is 14.8 Å². The molecule has 0 spiro atoms. The summed E-state index contributed by atoms with van der Waals surface area (Å²) >= 11 is 12.5. The molecule has 2 N–H and O–H groups in total. The second-order valence-corrected chi connectivity index (χ2v) is 14.4. The van der Waals surface area contributed by atoms with Crippen LogP contribution in [-0.2, 0) is 20.4 Å². The number of anilines is 1. The number of carbonyl (C=O) groups excluding carboxylic acids is 2. The Hall–Kier alpha value is -3.11. The summed E-state index contributed by atoms with van der Waals surface area (Å²) < 4.78 is 26.8. The molecule has 43 heavy (non-hydrogen) atoms. The molecular weight excluding hydrogens is 607 g/mol. The van der Waals surface area contributed by atoms with Crippen molar-refractivity contribution >= 4 is 62.2 Å².